The topological polar surface area (TPSA) is 101 Å². The van der Waals surface area contributed by atoms with Crippen molar-refractivity contribution in [3.05, 3.63) is 77.9 Å². The molecule has 0 unspecified atom stereocenters. The van der Waals surface area contributed by atoms with Crippen LogP contribution in [0.1, 0.15) is 11.1 Å². The average Bonchev–Trinajstić information content (AvgIpc) is 2.61. The molecule has 5 nitrogen and oxygen atoms in total. The van der Waals surface area contributed by atoms with Crippen LogP contribution in [0.2, 0.25) is 0 Å². The van der Waals surface area contributed by atoms with E-state index in [2.05, 4.69) is 0 Å². The predicted molar refractivity (Wildman–Crippen MR) is 99.2 cm³/mol. The summed E-state index contributed by atoms with van der Waals surface area (Å²) < 4.78 is 33.2. The Balaban J connectivity index is 0.000000511. The second-order valence-corrected chi connectivity index (χ2v) is 6.78. The van der Waals surface area contributed by atoms with Gasteiger partial charge in [0, 0.05) is 11.9 Å². The van der Waals surface area contributed by atoms with Crippen LogP contribution in [0.3, 0.4) is 0 Å². The first-order valence-corrected chi connectivity index (χ1v) is 9.24. The zero-order chi connectivity index (χ0) is 18.3. The van der Waals surface area contributed by atoms with E-state index in [9.17, 15) is 13.0 Å². The molecule has 0 aliphatic heterocycles. The van der Waals surface area contributed by atoms with E-state index in [0.717, 1.165) is 10.9 Å². The number of rotatable bonds is 4. The van der Waals surface area contributed by atoms with E-state index in [1.807, 2.05) is 48.5 Å². The van der Waals surface area contributed by atoms with Crippen molar-refractivity contribution in [1.82, 2.24) is 0 Å². The summed E-state index contributed by atoms with van der Waals surface area (Å²) in [5.74, 6) is 0. The maximum absolute atomic E-state index is 11.8. The lowest BCUT2D eigenvalue weighted by Crippen LogP contribution is -2.05. The number of aliphatic hydroxyl groups excluding tert-OH is 1. The molecule has 0 amide bonds. The molecule has 0 aromatic heterocycles. The van der Waals surface area contributed by atoms with Crippen molar-refractivity contribution in [2.24, 2.45) is 5.73 Å². The highest BCUT2D eigenvalue weighted by molar-refractivity contribution is 7.86. The molecule has 0 bridgehead atoms. The highest BCUT2D eigenvalue weighted by Gasteiger charge is 2.19. The van der Waals surface area contributed by atoms with E-state index in [1.54, 1.807) is 18.2 Å². The van der Waals surface area contributed by atoms with E-state index >= 15 is 0 Å². The smallest absolute Gasteiger partial charge is 0.295 e. The van der Waals surface area contributed by atoms with Gasteiger partial charge in [0.2, 0.25) is 0 Å². The Hall–Kier alpha value is -2.25. The van der Waals surface area contributed by atoms with Gasteiger partial charge in [-0.15, -0.1) is 0 Å². The largest absolute Gasteiger partial charge is 0.395 e. The number of benzene rings is 3. The fourth-order valence-corrected chi connectivity index (χ4v) is 3.48. The fourth-order valence-electron chi connectivity index (χ4n) is 2.55. The summed E-state index contributed by atoms with van der Waals surface area (Å²) in [4.78, 5) is 0.00412. The van der Waals surface area contributed by atoms with Crippen LogP contribution >= 0.6 is 0 Å². The zero-order valence-electron chi connectivity index (χ0n) is 13.7. The Morgan fingerprint density at radius 2 is 1.48 bits per heavy atom. The molecule has 4 N–H and O–H groups in total. The lowest BCUT2D eigenvalue weighted by molar-refractivity contribution is 0.306. The SMILES string of the molecule is NCCO.O=S(=O)(O)c1c(Cc2ccccc2)ccc2ccccc12. The summed E-state index contributed by atoms with van der Waals surface area (Å²) in [5.41, 5.74) is 6.38. The Morgan fingerprint density at radius 1 is 0.880 bits per heavy atom. The van der Waals surface area contributed by atoms with Crippen LogP contribution in [-0.4, -0.2) is 31.2 Å². The van der Waals surface area contributed by atoms with Gasteiger partial charge in [0.15, 0.2) is 0 Å². The third-order valence-electron chi connectivity index (χ3n) is 3.59. The number of hydrogen-bond acceptors (Lipinski definition) is 4. The molecule has 132 valence electrons. The molecule has 6 heteroatoms. The lowest BCUT2D eigenvalue weighted by atomic mass is 10.0. The van der Waals surface area contributed by atoms with Crippen molar-refractivity contribution in [3.8, 4) is 0 Å². The maximum Gasteiger partial charge on any atom is 0.295 e. The molecule has 3 aromatic rings. The molecular weight excluding hydrogens is 338 g/mol. The van der Waals surface area contributed by atoms with Gasteiger partial charge in [-0.2, -0.15) is 8.42 Å². The highest BCUT2D eigenvalue weighted by Crippen LogP contribution is 2.28. The molecule has 0 heterocycles. The van der Waals surface area contributed by atoms with Crippen LogP contribution < -0.4 is 5.73 Å². The monoisotopic (exact) mass is 359 g/mol. The van der Waals surface area contributed by atoms with Gasteiger partial charge in [0.05, 0.1) is 6.61 Å². The quantitative estimate of drug-likeness (QED) is 0.622. The summed E-state index contributed by atoms with van der Waals surface area (Å²) in [6.45, 7) is 0.472. The summed E-state index contributed by atoms with van der Waals surface area (Å²) in [6.07, 6.45) is 0.459. The third-order valence-corrected chi connectivity index (χ3v) is 4.58. The van der Waals surface area contributed by atoms with Crippen molar-refractivity contribution < 1.29 is 18.1 Å². The van der Waals surface area contributed by atoms with Crippen LogP contribution in [0.5, 0.6) is 0 Å². The molecule has 0 atom stereocenters. The molecule has 3 rings (SSSR count). The molecule has 0 saturated carbocycles. The van der Waals surface area contributed by atoms with Gasteiger partial charge in [-0.25, -0.2) is 0 Å². The van der Waals surface area contributed by atoms with Crippen LogP contribution in [0, 0.1) is 0 Å². The molecule has 0 aliphatic rings. The van der Waals surface area contributed by atoms with Crippen molar-refractivity contribution in [3.63, 3.8) is 0 Å². The standard InChI is InChI=1S/C17H14O3S.C2H7NO/c18-21(19,20)17-15(12-13-6-2-1-3-7-13)11-10-14-8-4-5-9-16(14)17;3-1-2-4/h1-11H,12H2,(H,18,19,20);4H,1-3H2. The average molecular weight is 359 g/mol. The molecule has 0 spiro atoms. The molecule has 25 heavy (non-hydrogen) atoms. The van der Waals surface area contributed by atoms with E-state index in [-0.39, 0.29) is 11.5 Å². The number of hydrogen-bond donors (Lipinski definition) is 3. The van der Waals surface area contributed by atoms with Gasteiger partial charge in [-0.1, -0.05) is 66.7 Å². The minimum atomic E-state index is -4.28. The van der Waals surface area contributed by atoms with E-state index in [1.165, 1.54) is 0 Å². The summed E-state index contributed by atoms with van der Waals surface area (Å²) in [5, 5.41) is 9.09. The number of aliphatic hydroxyl groups is 1. The lowest BCUT2D eigenvalue weighted by Gasteiger charge is -2.11. The van der Waals surface area contributed by atoms with Gasteiger partial charge in [-0.3, -0.25) is 4.55 Å². The van der Waals surface area contributed by atoms with Crippen molar-refractivity contribution in [2.45, 2.75) is 11.3 Å². The first-order chi connectivity index (χ1) is 12.0. The Kier molecular flexibility index (Phi) is 6.66. The number of fused-ring (bicyclic) bond motifs is 1. The summed E-state index contributed by atoms with van der Waals surface area (Å²) >= 11 is 0. The minimum Gasteiger partial charge on any atom is -0.395 e. The van der Waals surface area contributed by atoms with Gasteiger partial charge in [0.25, 0.3) is 10.1 Å². The first-order valence-electron chi connectivity index (χ1n) is 7.80. The minimum absolute atomic E-state index is 0.00412. The van der Waals surface area contributed by atoms with Crippen LogP contribution in [0.4, 0.5) is 0 Å². The van der Waals surface area contributed by atoms with E-state index in [0.29, 0.717) is 23.9 Å². The Labute approximate surface area is 147 Å². The van der Waals surface area contributed by atoms with Gasteiger partial charge < -0.3 is 10.8 Å². The molecular formula is C19H21NO4S. The van der Waals surface area contributed by atoms with Gasteiger partial charge in [0.1, 0.15) is 4.90 Å². The predicted octanol–water partition coefficient (Wildman–Crippen LogP) is 2.61. The maximum atomic E-state index is 11.8. The van der Waals surface area contributed by atoms with Gasteiger partial charge >= 0.3 is 0 Å². The second-order valence-electron chi connectivity index (χ2n) is 5.42. The molecule has 0 aliphatic carbocycles. The Morgan fingerprint density at radius 3 is 2.08 bits per heavy atom. The van der Waals surface area contributed by atoms with Gasteiger partial charge in [-0.05, 0) is 22.9 Å². The molecule has 0 saturated heterocycles. The summed E-state index contributed by atoms with van der Waals surface area (Å²) in [7, 11) is -4.28. The normalized spacial score (nSPS) is 11.0. The summed E-state index contributed by atoms with van der Waals surface area (Å²) in [6, 6.07) is 20.4. The Bertz CT molecular complexity index is 923. The van der Waals surface area contributed by atoms with Crippen LogP contribution in [0.15, 0.2) is 71.6 Å². The van der Waals surface area contributed by atoms with Crippen molar-refractivity contribution in [2.75, 3.05) is 13.2 Å². The second kappa shape index (κ2) is 8.73. The molecule has 0 radical (unpaired) electrons. The molecule has 3 aromatic carbocycles. The fraction of sp³-hybridized carbons (Fsp3) is 0.158. The number of nitrogens with two attached hydrogens (primary N) is 1. The third kappa shape index (κ3) is 5.11. The van der Waals surface area contributed by atoms with Crippen molar-refractivity contribution >= 4 is 20.9 Å². The first kappa shape index (κ1) is 19.1. The van der Waals surface area contributed by atoms with Crippen LogP contribution in [-0.2, 0) is 16.5 Å². The van der Waals surface area contributed by atoms with Crippen LogP contribution in [0.25, 0.3) is 10.8 Å². The highest BCUT2D eigenvalue weighted by atomic mass is 32.2. The zero-order valence-corrected chi connectivity index (χ0v) is 14.5. The van der Waals surface area contributed by atoms with E-state index in [4.69, 9.17) is 10.8 Å². The van der Waals surface area contributed by atoms with E-state index < -0.39 is 10.1 Å². The molecule has 0 fully saturated rings. The van der Waals surface area contributed by atoms with Crippen molar-refractivity contribution in [1.29, 1.82) is 0 Å².